The van der Waals surface area contributed by atoms with Crippen LogP contribution in [0.4, 0.5) is 0 Å². The third-order valence-corrected chi connectivity index (χ3v) is 3.59. The number of carbonyl (C=O) groups is 1. The van der Waals surface area contributed by atoms with Gasteiger partial charge >= 0.3 is 0 Å². The summed E-state index contributed by atoms with van der Waals surface area (Å²) in [6, 6.07) is 5.56. The standard InChI is InChI=1S/C13H20N2O5S/c1-10(13(16)15-8-3-9-19-2)20-11-4-6-12(7-5-11)21(14,17)18/h4-7,10H,3,8-9H2,1-2H3,(H,15,16)(H2,14,17,18). The molecule has 0 aliphatic carbocycles. The van der Waals surface area contributed by atoms with Crippen LogP contribution in [0.3, 0.4) is 0 Å². The van der Waals surface area contributed by atoms with Crippen molar-refractivity contribution in [3.8, 4) is 5.75 Å². The molecular formula is C13H20N2O5S. The molecule has 0 aliphatic rings. The topological polar surface area (TPSA) is 108 Å². The lowest BCUT2D eigenvalue weighted by Crippen LogP contribution is -2.37. The molecule has 1 amide bonds. The van der Waals surface area contributed by atoms with Gasteiger partial charge in [0.1, 0.15) is 5.75 Å². The van der Waals surface area contributed by atoms with Gasteiger partial charge in [0.05, 0.1) is 4.90 Å². The lowest BCUT2D eigenvalue weighted by molar-refractivity contribution is -0.127. The molecule has 0 radical (unpaired) electrons. The maximum atomic E-state index is 11.7. The molecule has 3 N–H and O–H groups in total. The summed E-state index contributed by atoms with van der Waals surface area (Å²) >= 11 is 0. The van der Waals surface area contributed by atoms with Crippen LogP contribution in [0.15, 0.2) is 29.2 Å². The fraction of sp³-hybridized carbons (Fsp3) is 0.462. The Hall–Kier alpha value is -1.64. The zero-order valence-electron chi connectivity index (χ0n) is 12.0. The molecule has 0 saturated heterocycles. The molecule has 1 unspecified atom stereocenters. The SMILES string of the molecule is COCCCNC(=O)C(C)Oc1ccc(S(N)(=O)=O)cc1. The summed E-state index contributed by atoms with van der Waals surface area (Å²) in [5.41, 5.74) is 0. The molecule has 0 heterocycles. The Bertz CT molecular complexity index is 556. The van der Waals surface area contributed by atoms with E-state index in [4.69, 9.17) is 14.6 Å². The van der Waals surface area contributed by atoms with E-state index in [-0.39, 0.29) is 10.8 Å². The first kappa shape index (κ1) is 17.4. The van der Waals surface area contributed by atoms with Crippen LogP contribution in [0.2, 0.25) is 0 Å². The first-order valence-electron chi connectivity index (χ1n) is 6.40. The zero-order chi connectivity index (χ0) is 15.9. The van der Waals surface area contributed by atoms with E-state index >= 15 is 0 Å². The summed E-state index contributed by atoms with van der Waals surface area (Å²) in [6.45, 7) is 2.69. The minimum Gasteiger partial charge on any atom is -0.481 e. The second-order valence-electron chi connectivity index (χ2n) is 4.41. The lowest BCUT2D eigenvalue weighted by Gasteiger charge is -2.14. The highest BCUT2D eigenvalue weighted by Gasteiger charge is 2.14. The van der Waals surface area contributed by atoms with Crippen molar-refractivity contribution in [2.45, 2.75) is 24.3 Å². The highest BCUT2D eigenvalue weighted by atomic mass is 32.2. The number of carbonyl (C=O) groups excluding carboxylic acids is 1. The minimum atomic E-state index is -3.73. The van der Waals surface area contributed by atoms with Crippen LogP contribution >= 0.6 is 0 Å². The predicted molar refractivity (Wildman–Crippen MR) is 77.4 cm³/mol. The van der Waals surface area contributed by atoms with E-state index in [1.165, 1.54) is 24.3 Å². The van der Waals surface area contributed by atoms with Gasteiger partial charge in [-0.15, -0.1) is 0 Å². The maximum Gasteiger partial charge on any atom is 0.260 e. The molecule has 21 heavy (non-hydrogen) atoms. The Morgan fingerprint density at radius 3 is 2.48 bits per heavy atom. The number of rotatable bonds is 8. The molecule has 0 aromatic heterocycles. The molecule has 7 nitrogen and oxygen atoms in total. The number of methoxy groups -OCH3 is 1. The number of sulfonamides is 1. The molecule has 0 spiro atoms. The molecule has 1 aromatic rings. The van der Waals surface area contributed by atoms with Crippen molar-refractivity contribution in [2.75, 3.05) is 20.3 Å². The Labute approximate surface area is 124 Å². The van der Waals surface area contributed by atoms with Gasteiger partial charge in [-0.2, -0.15) is 0 Å². The van der Waals surface area contributed by atoms with Gasteiger partial charge in [0, 0.05) is 20.3 Å². The van der Waals surface area contributed by atoms with Crippen molar-refractivity contribution >= 4 is 15.9 Å². The number of nitrogens with two attached hydrogens (primary N) is 1. The van der Waals surface area contributed by atoms with Gasteiger partial charge in [-0.1, -0.05) is 0 Å². The van der Waals surface area contributed by atoms with Crippen LogP contribution in [0.25, 0.3) is 0 Å². The van der Waals surface area contributed by atoms with Crippen molar-refractivity contribution in [3.05, 3.63) is 24.3 Å². The summed E-state index contributed by atoms with van der Waals surface area (Å²) in [5, 5.41) is 7.71. The van der Waals surface area contributed by atoms with Crippen LogP contribution in [0.5, 0.6) is 5.75 Å². The molecule has 1 rings (SSSR count). The molecule has 8 heteroatoms. The quantitative estimate of drug-likeness (QED) is 0.669. The molecule has 1 aromatic carbocycles. The fourth-order valence-corrected chi connectivity index (χ4v) is 2.05. The van der Waals surface area contributed by atoms with Crippen molar-refractivity contribution in [2.24, 2.45) is 5.14 Å². The Morgan fingerprint density at radius 1 is 1.33 bits per heavy atom. The smallest absolute Gasteiger partial charge is 0.260 e. The lowest BCUT2D eigenvalue weighted by atomic mass is 10.3. The zero-order valence-corrected chi connectivity index (χ0v) is 12.9. The Morgan fingerprint density at radius 2 is 1.95 bits per heavy atom. The maximum absolute atomic E-state index is 11.7. The largest absolute Gasteiger partial charge is 0.481 e. The third-order valence-electron chi connectivity index (χ3n) is 2.66. The van der Waals surface area contributed by atoms with Gasteiger partial charge in [0.2, 0.25) is 10.0 Å². The second-order valence-corrected chi connectivity index (χ2v) is 5.98. The molecule has 0 fully saturated rings. The summed E-state index contributed by atoms with van der Waals surface area (Å²) < 4.78 is 32.5. The summed E-state index contributed by atoms with van der Waals surface area (Å²) in [6.07, 6.45) is 0.0331. The Balaban J connectivity index is 2.50. The third kappa shape index (κ3) is 6.11. The van der Waals surface area contributed by atoms with Gasteiger partial charge in [0.25, 0.3) is 5.91 Å². The van der Waals surface area contributed by atoms with Crippen molar-refractivity contribution < 1.29 is 22.7 Å². The number of benzene rings is 1. The highest BCUT2D eigenvalue weighted by molar-refractivity contribution is 7.89. The molecular weight excluding hydrogens is 296 g/mol. The van der Waals surface area contributed by atoms with Gasteiger partial charge in [-0.05, 0) is 37.6 Å². The van der Waals surface area contributed by atoms with Crippen molar-refractivity contribution in [1.29, 1.82) is 0 Å². The van der Waals surface area contributed by atoms with Gasteiger partial charge in [-0.3, -0.25) is 4.79 Å². The Kier molecular flexibility index (Phi) is 6.60. The van der Waals surface area contributed by atoms with E-state index in [1.807, 2.05) is 0 Å². The van der Waals surface area contributed by atoms with Gasteiger partial charge < -0.3 is 14.8 Å². The highest BCUT2D eigenvalue weighted by Crippen LogP contribution is 2.16. The van der Waals surface area contributed by atoms with Crippen LogP contribution in [0, 0.1) is 0 Å². The van der Waals surface area contributed by atoms with Crippen LogP contribution in [-0.2, 0) is 19.6 Å². The van der Waals surface area contributed by atoms with E-state index < -0.39 is 16.1 Å². The van der Waals surface area contributed by atoms with E-state index in [0.29, 0.717) is 18.9 Å². The van der Waals surface area contributed by atoms with E-state index in [9.17, 15) is 13.2 Å². The fourth-order valence-electron chi connectivity index (χ4n) is 1.54. The monoisotopic (exact) mass is 316 g/mol. The van der Waals surface area contributed by atoms with Crippen LogP contribution in [-0.4, -0.2) is 40.7 Å². The van der Waals surface area contributed by atoms with E-state index in [1.54, 1.807) is 14.0 Å². The van der Waals surface area contributed by atoms with E-state index in [2.05, 4.69) is 5.32 Å². The number of ether oxygens (including phenoxy) is 2. The number of primary sulfonamides is 1. The number of nitrogens with one attached hydrogen (secondary N) is 1. The van der Waals surface area contributed by atoms with E-state index in [0.717, 1.165) is 6.42 Å². The number of hydrogen-bond acceptors (Lipinski definition) is 5. The molecule has 118 valence electrons. The van der Waals surface area contributed by atoms with Crippen molar-refractivity contribution in [1.82, 2.24) is 5.32 Å². The first-order valence-corrected chi connectivity index (χ1v) is 7.95. The summed E-state index contributed by atoms with van der Waals surface area (Å²) in [5.74, 6) is 0.142. The average molecular weight is 316 g/mol. The first-order chi connectivity index (χ1) is 9.84. The number of hydrogen-bond donors (Lipinski definition) is 2. The summed E-state index contributed by atoms with van der Waals surface area (Å²) in [7, 11) is -2.13. The van der Waals surface area contributed by atoms with Crippen molar-refractivity contribution in [3.63, 3.8) is 0 Å². The molecule has 1 atom stereocenters. The number of amides is 1. The minimum absolute atomic E-state index is 0.00785. The summed E-state index contributed by atoms with van der Waals surface area (Å²) in [4.78, 5) is 11.7. The molecule has 0 bridgehead atoms. The average Bonchev–Trinajstić information content (AvgIpc) is 2.43. The van der Waals surface area contributed by atoms with Crippen LogP contribution < -0.4 is 15.2 Å². The van der Waals surface area contributed by atoms with Crippen LogP contribution in [0.1, 0.15) is 13.3 Å². The predicted octanol–water partition coefficient (Wildman–Crippen LogP) is 0.254. The molecule has 0 saturated carbocycles. The second kappa shape index (κ2) is 7.96. The molecule has 0 aliphatic heterocycles. The van der Waals surface area contributed by atoms with Gasteiger partial charge in [-0.25, -0.2) is 13.6 Å². The van der Waals surface area contributed by atoms with Gasteiger partial charge in [0.15, 0.2) is 6.10 Å². The normalized spacial score (nSPS) is 12.7.